The van der Waals surface area contributed by atoms with E-state index in [0.29, 0.717) is 12.0 Å². The zero-order valence-electron chi connectivity index (χ0n) is 12.4. The predicted octanol–water partition coefficient (Wildman–Crippen LogP) is 2.66. The highest BCUT2D eigenvalue weighted by Gasteiger charge is 2.42. The van der Waals surface area contributed by atoms with Crippen molar-refractivity contribution in [3.8, 4) is 6.07 Å². The monoisotopic (exact) mass is 293 g/mol. The summed E-state index contributed by atoms with van der Waals surface area (Å²) in [6.07, 6.45) is 4.28. The molecule has 5 nitrogen and oxygen atoms in total. The maximum atomic E-state index is 9.61. The molecule has 0 saturated heterocycles. The molecule has 2 atom stereocenters. The van der Waals surface area contributed by atoms with Crippen molar-refractivity contribution in [3.63, 3.8) is 0 Å². The highest BCUT2D eigenvalue weighted by atomic mass is 32.2. The molecule has 0 aromatic carbocycles. The first kappa shape index (κ1) is 15.3. The number of aromatic amines is 1. The maximum Gasteiger partial charge on any atom is 0.208 e. The molecule has 2 unspecified atom stereocenters. The van der Waals surface area contributed by atoms with Gasteiger partial charge in [0.25, 0.3) is 0 Å². The Morgan fingerprint density at radius 2 is 2.40 bits per heavy atom. The van der Waals surface area contributed by atoms with Gasteiger partial charge >= 0.3 is 0 Å². The summed E-state index contributed by atoms with van der Waals surface area (Å²) in [7, 11) is 0. The molecule has 2 rings (SSSR count). The molecule has 1 saturated carbocycles. The molecular weight excluding hydrogens is 270 g/mol. The van der Waals surface area contributed by atoms with E-state index in [2.05, 4.69) is 40.4 Å². The van der Waals surface area contributed by atoms with Gasteiger partial charge in [-0.05, 0) is 46.0 Å². The fraction of sp³-hybridized carbons (Fsp3) is 0.786. The first-order valence-electron chi connectivity index (χ1n) is 7.26. The topological polar surface area (TPSA) is 77.4 Å². The molecule has 110 valence electrons. The molecule has 1 heterocycles. The Morgan fingerprint density at radius 1 is 1.60 bits per heavy atom. The molecule has 2 N–H and O–H groups in total. The van der Waals surface area contributed by atoms with E-state index < -0.39 is 0 Å². The van der Waals surface area contributed by atoms with Crippen LogP contribution < -0.4 is 5.32 Å². The number of nitrogens with zero attached hydrogens (tertiary/aromatic N) is 3. The van der Waals surface area contributed by atoms with E-state index >= 15 is 0 Å². The molecule has 20 heavy (non-hydrogen) atoms. The Labute approximate surface area is 124 Å². The molecule has 0 spiro atoms. The minimum Gasteiger partial charge on any atom is -0.297 e. The van der Waals surface area contributed by atoms with Crippen LogP contribution in [0.2, 0.25) is 0 Å². The number of nitriles is 1. The molecule has 0 aliphatic heterocycles. The highest BCUT2D eigenvalue weighted by Crippen LogP contribution is 2.38. The lowest BCUT2D eigenvalue weighted by molar-refractivity contribution is 0.289. The first-order chi connectivity index (χ1) is 9.55. The fourth-order valence-electron chi connectivity index (χ4n) is 3.03. The van der Waals surface area contributed by atoms with Gasteiger partial charge in [0, 0.05) is 11.8 Å². The van der Waals surface area contributed by atoms with Gasteiger partial charge in [-0.25, -0.2) is 4.98 Å². The Morgan fingerprint density at radius 3 is 3.00 bits per heavy atom. The summed E-state index contributed by atoms with van der Waals surface area (Å²) in [6, 6.07) is 2.90. The third kappa shape index (κ3) is 3.53. The summed E-state index contributed by atoms with van der Waals surface area (Å²) in [6.45, 7) is 6.13. The lowest BCUT2D eigenvalue weighted by Gasteiger charge is -2.32. The maximum absolute atomic E-state index is 9.61. The Kier molecular flexibility index (Phi) is 5.06. The molecule has 1 aromatic rings. The van der Waals surface area contributed by atoms with Crippen LogP contribution in [-0.4, -0.2) is 32.5 Å². The number of aromatic nitrogens is 3. The van der Waals surface area contributed by atoms with Crippen molar-refractivity contribution in [3.05, 3.63) is 5.82 Å². The average molecular weight is 293 g/mol. The number of H-pyrrole nitrogens is 1. The van der Waals surface area contributed by atoms with Crippen molar-refractivity contribution in [1.29, 1.82) is 5.26 Å². The van der Waals surface area contributed by atoms with Gasteiger partial charge < -0.3 is 0 Å². The summed E-state index contributed by atoms with van der Waals surface area (Å²) < 4.78 is 0. The van der Waals surface area contributed by atoms with E-state index in [4.69, 9.17) is 0 Å². The van der Waals surface area contributed by atoms with Crippen LogP contribution in [0.3, 0.4) is 0 Å². The van der Waals surface area contributed by atoms with Crippen molar-refractivity contribution < 1.29 is 0 Å². The lowest BCUT2D eigenvalue weighted by atomic mass is 9.86. The molecule has 1 fully saturated rings. The first-order valence-corrected chi connectivity index (χ1v) is 8.25. The standard InChI is InChI=1S/C14H23N5S/c1-10(2)17-14(9-15)7-4-5-12(14)6-8-20-13-16-11(3)18-19-13/h10,12,17H,4-8H2,1-3H3,(H,16,18,19). The summed E-state index contributed by atoms with van der Waals surface area (Å²) in [5.41, 5.74) is -0.330. The normalized spacial score (nSPS) is 26.1. The Hall–Kier alpha value is -1.06. The molecular formula is C14H23N5S. The van der Waals surface area contributed by atoms with E-state index in [1.165, 1.54) is 0 Å². The van der Waals surface area contributed by atoms with Crippen LogP contribution >= 0.6 is 11.8 Å². The summed E-state index contributed by atoms with van der Waals surface area (Å²) in [5, 5.41) is 20.9. The van der Waals surface area contributed by atoms with Gasteiger partial charge in [0.2, 0.25) is 5.16 Å². The molecule has 0 radical (unpaired) electrons. The van der Waals surface area contributed by atoms with Gasteiger partial charge in [-0.15, -0.1) is 5.10 Å². The van der Waals surface area contributed by atoms with E-state index in [9.17, 15) is 5.26 Å². The zero-order valence-corrected chi connectivity index (χ0v) is 13.3. The van der Waals surface area contributed by atoms with Gasteiger partial charge in [0.15, 0.2) is 0 Å². The number of aryl methyl sites for hydroxylation is 1. The zero-order chi connectivity index (χ0) is 14.6. The van der Waals surface area contributed by atoms with Gasteiger partial charge in [0.1, 0.15) is 11.4 Å². The van der Waals surface area contributed by atoms with Crippen LogP contribution in [0.1, 0.15) is 45.4 Å². The van der Waals surface area contributed by atoms with Gasteiger partial charge in [-0.2, -0.15) is 5.26 Å². The van der Waals surface area contributed by atoms with E-state index in [-0.39, 0.29) is 5.54 Å². The second-order valence-electron chi connectivity index (χ2n) is 5.81. The van der Waals surface area contributed by atoms with Crippen molar-refractivity contribution in [2.75, 3.05) is 5.75 Å². The third-order valence-corrected chi connectivity index (χ3v) is 4.72. The van der Waals surface area contributed by atoms with E-state index in [0.717, 1.165) is 42.4 Å². The second-order valence-corrected chi connectivity index (χ2v) is 6.87. The molecule has 0 amide bonds. The largest absolute Gasteiger partial charge is 0.297 e. The third-order valence-electron chi connectivity index (χ3n) is 3.84. The molecule has 1 aliphatic rings. The van der Waals surface area contributed by atoms with Crippen LogP contribution in [0, 0.1) is 24.2 Å². The van der Waals surface area contributed by atoms with E-state index in [1.54, 1.807) is 11.8 Å². The van der Waals surface area contributed by atoms with Crippen molar-refractivity contribution in [2.24, 2.45) is 5.92 Å². The van der Waals surface area contributed by atoms with Crippen LogP contribution in [0.25, 0.3) is 0 Å². The number of thioether (sulfide) groups is 1. The fourth-order valence-corrected chi connectivity index (χ4v) is 3.93. The number of nitrogens with one attached hydrogen (secondary N) is 2. The average Bonchev–Trinajstić information content (AvgIpc) is 2.97. The van der Waals surface area contributed by atoms with Crippen LogP contribution in [0.4, 0.5) is 0 Å². The molecule has 0 bridgehead atoms. The quantitative estimate of drug-likeness (QED) is 0.788. The molecule has 1 aromatic heterocycles. The summed E-state index contributed by atoms with van der Waals surface area (Å²) in [5.74, 6) is 2.24. The van der Waals surface area contributed by atoms with Crippen LogP contribution in [0.5, 0.6) is 0 Å². The highest BCUT2D eigenvalue weighted by molar-refractivity contribution is 7.99. The number of hydrogen-bond donors (Lipinski definition) is 2. The van der Waals surface area contributed by atoms with E-state index in [1.807, 2.05) is 6.92 Å². The summed E-state index contributed by atoms with van der Waals surface area (Å²) in [4.78, 5) is 4.30. The summed E-state index contributed by atoms with van der Waals surface area (Å²) >= 11 is 1.67. The molecule has 6 heteroatoms. The SMILES string of the molecule is Cc1nc(SCCC2CCCC2(C#N)NC(C)C)n[nH]1. The number of hydrogen-bond acceptors (Lipinski definition) is 5. The minimum absolute atomic E-state index is 0.330. The van der Waals surface area contributed by atoms with Crippen LogP contribution in [-0.2, 0) is 0 Å². The van der Waals surface area contributed by atoms with Crippen LogP contribution in [0.15, 0.2) is 5.16 Å². The Bertz CT molecular complexity index is 478. The van der Waals surface area contributed by atoms with Gasteiger partial charge in [-0.3, -0.25) is 10.4 Å². The van der Waals surface area contributed by atoms with Crippen molar-refractivity contribution >= 4 is 11.8 Å². The Balaban J connectivity index is 1.89. The minimum atomic E-state index is -0.330. The lowest BCUT2D eigenvalue weighted by Crippen LogP contribution is -2.50. The van der Waals surface area contributed by atoms with Gasteiger partial charge in [-0.1, -0.05) is 18.2 Å². The number of rotatable bonds is 6. The van der Waals surface area contributed by atoms with Crippen molar-refractivity contribution in [2.45, 2.75) is 63.2 Å². The predicted molar refractivity (Wildman–Crippen MR) is 80.4 cm³/mol. The second kappa shape index (κ2) is 6.59. The molecule has 1 aliphatic carbocycles. The van der Waals surface area contributed by atoms with Gasteiger partial charge in [0.05, 0.1) is 6.07 Å². The smallest absolute Gasteiger partial charge is 0.208 e. The van der Waals surface area contributed by atoms with Crippen molar-refractivity contribution in [1.82, 2.24) is 20.5 Å².